The molecule has 2 aromatic heterocycles. The molecule has 0 saturated carbocycles. The minimum atomic E-state index is -0.499. The largest absolute Gasteiger partial charge is 0.454 e. The van der Waals surface area contributed by atoms with Crippen LogP contribution in [-0.4, -0.2) is 21.0 Å². The van der Waals surface area contributed by atoms with E-state index in [1.54, 1.807) is 18.2 Å². The Hall–Kier alpha value is -3.45. The number of pyridine rings is 1. The van der Waals surface area contributed by atoms with Crippen molar-refractivity contribution in [2.24, 2.45) is 0 Å². The maximum absolute atomic E-state index is 13.7. The Bertz CT molecular complexity index is 1180. The zero-order valence-corrected chi connectivity index (χ0v) is 14.5. The molecule has 0 radical (unpaired) electrons. The minimum Gasteiger partial charge on any atom is -0.454 e. The molecular weight excluding hydrogens is 371 g/mol. The molecule has 4 rings (SSSR count). The van der Waals surface area contributed by atoms with Crippen LogP contribution in [0.2, 0.25) is 5.02 Å². The fourth-order valence-corrected chi connectivity index (χ4v) is 2.92. The number of halogens is 2. The van der Waals surface area contributed by atoms with Gasteiger partial charge < -0.3 is 10.5 Å². The van der Waals surface area contributed by atoms with Crippen molar-refractivity contribution in [2.75, 3.05) is 5.73 Å². The van der Waals surface area contributed by atoms with Gasteiger partial charge in [-0.2, -0.15) is 5.10 Å². The Morgan fingerprint density at radius 1 is 1.19 bits per heavy atom. The Labute approximate surface area is 157 Å². The van der Waals surface area contributed by atoms with Gasteiger partial charge in [-0.05, 0) is 30.3 Å². The van der Waals surface area contributed by atoms with E-state index in [0.29, 0.717) is 22.5 Å². The number of hydrogen-bond donors (Lipinski definition) is 2. The van der Waals surface area contributed by atoms with Crippen LogP contribution >= 0.6 is 11.6 Å². The van der Waals surface area contributed by atoms with Crippen LogP contribution in [0, 0.1) is 5.82 Å². The lowest BCUT2D eigenvalue weighted by Gasteiger charge is -2.09. The standard InChI is InChI=1S/C19H12ClFN4O2/c20-12-9-10(27-15-4-2-1-3-13(15)21)5-6-11(12)18(26)17-16-14(22)7-8-23-19(16)25-24-17/h1-9H,(H3,22,23,24,25). The number of rotatable bonds is 4. The van der Waals surface area contributed by atoms with Crippen molar-refractivity contribution in [3.63, 3.8) is 0 Å². The van der Waals surface area contributed by atoms with Crippen LogP contribution in [0.1, 0.15) is 16.1 Å². The number of nitrogens with zero attached hydrogens (tertiary/aromatic N) is 2. The first-order chi connectivity index (χ1) is 13.0. The predicted molar refractivity (Wildman–Crippen MR) is 99.7 cm³/mol. The summed E-state index contributed by atoms with van der Waals surface area (Å²) in [5.74, 6) is -0.524. The average molecular weight is 383 g/mol. The number of ether oxygens (including phenoxy) is 1. The Kier molecular flexibility index (Phi) is 4.21. The number of aromatic nitrogens is 3. The number of aromatic amines is 1. The molecule has 2 heterocycles. The van der Waals surface area contributed by atoms with Crippen molar-refractivity contribution in [1.29, 1.82) is 0 Å². The summed E-state index contributed by atoms with van der Waals surface area (Å²) in [6.07, 6.45) is 1.51. The molecular formula is C19H12ClFN4O2. The topological polar surface area (TPSA) is 93.9 Å². The molecule has 27 heavy (non-hydrogen) atoms. The molecule has 0 spiro atoms. The second kappa shape index (κ2) is 6.69. The van der Waals surface area contributed by atoms with Crippen molar-refractivity contribution in [1.82, 2.24) is 15.2 Å². The predicted octanol–water partition coefficient (Wildman–Crippen LogP) is 4.36. The third-order valence-electron chi connectivity index (χ3n) is 3.96. The van der Waals surface area contributed by atoms with E-state index < -0.39 is 5.82 Å². The average Bonchev–Trinajstić information content (AvgIpc) is 3.09. The molecule has 0 saturated heterocycles. The molecule has 0 bridgehead atoms. The summed E-state index contributed by atoms with van der Waals surface area (Å²) in [6, 6.07) is 12.1. The number of nitrogen functional groups attached to an aromatic ring is 1. The fourth-order valence-electron chi connectivity index (χ4n) is 2.67. The molecule has 3 N–H and O–H groups in total. The summed E-state index contributed by atoms with van der Waals surface area (Å²) in [7, 11) is 0. The molecule has 134 valence electrons. The van der Waals surface area contributed by atoms with Crippen LogP contribution in [0.5, 0.6) is 11.5 Å². The number of anilines is 1. The smallest absolute Gasteiger partial charge is 0.213 e. The van der Waals surface area contributed by atoms with E-state index in [-0.39, 0.29) is 27.8 Å². The van der Waals surface area contributed by atoms with Crippen LogP contribution in [0.15, 0.2) is 54.7 Å². The third kappa shape index (κ3) is 3.09. The molecule has 4 aromatic rings. The van der Waals surface area contributed by atoms with Crippen molar-refractivity contribution in [3.8, 4) is 11.5 Å². The number of H-pyrrole nitrogens is 1. The first-order valence-electron chi connectivity index (χ1n) is 7.90. The molecule has 0 unspecified atom stereocenters. The number of nitrogens with one attached hydrogen (secondary N) is 1. The summed E-state index contributed by atoms with van der Waals surface area (Å²) >= 11 is 6.26. The number of para-hydroxylation sites is 1. The van der Waals surface area contributed by atoms with Gasteiger partial charge in [0.05, 0.1) is 10.4 Å². The highest BCUT2D eigenvalue weighted by atomic mass is 35.5. The van der Waals surface area contributed by atoms with Gasteiger partial charge in [-0.25, -0.2) is 9.37 Å². The third-order valence-corrected chi connectivity index (χ3v) is 4.28. The Morgan fingerprint density at radius 2 is 2.00 bits per heavy atom. The van der Waals surface area contributed by atoms with Crippen molar-refractivity contribution in [3.05, 3.63) is 76.8 Å². The highest BCUT2D eigenvalue weighted by Gasteiger charge is 2.20. The fraction of sp³-hybridized carbons (Fsp3) is 0. The number of carbonyl (C=O) groups is 1. The Morgan fingerprint density at radius 3 is 2.78 bits per heavy atom. The maximum atomic E-state index is 13.7. The summed E-state index contributed by atoms with van der Waals surface area (Å²) in [6.45, 7) is 0. The first-order valence-corrected chi connectivity index (χ1v) is 8.27. The number of hydrogen-bond acceptors (Lipinski definition) is 5. The summed E-state index contributed by atoms with van der Waals surface area (Å²) < 4.78 is 19.2. The van der Waals surface area contributed by atoms with Crippen molar-refractivity contribution < 1.29 is 13.9 Å². The van der Waals surface area contributed by atoms with Crippen LogP contribution in [0.3, 0.4) is 0 Å². The lowest BCUT2D eigenvalue weighted by Crippen LogP contribution is -2.04. The van der Waals surface area contributed by atoms with Crippen LogP contribution in [-0.2, 0) is 0 Å². The summed E-state index contributed by atoms with van der Waals surface area (Å²) in [5, 5.41) is 7.24. The number of carbonyl (C=O) groups excluding carboxylic acids is 1. The molecule has 6 nitrogen and oxygen atoms in total. The van der Waals surface area contributed by atoms with Gasteiger partial charge in [0, 0.05) is 23.5 Å². The van der Waals surface area contributed by atoms with Gasteiger partial charge in [0.1, 0.15) is 11.4 Å². The maximum Gasteiger partial charge on any atom is 0.213 e. The number of benzene rings is 2. The first kappa shape index (κ1) is 17.0. The van der Waals surface area contributed by atoms with Gasteiger partial charge in [-0.15, -0.1) is 0 Å². The van der Waals surface area contributed by atoms with Gasteiger partial charge in [0.25, 0.3) is 0 Å². The highest BCUT2D eigenvalue weighted by molar-refractivity contribution is 6.35. The monoisotopic (exact) mass is 382 g/mol. The van der Waals surface area contributed by atoms with E-state index in [2.05, 4.69) is 15.2 Å². The van der Waals surface area contributed by atoms with Gasteiger partial charge in [-0.3, -0.25) is 9.89 Å². The normalized spacial score (nSPS) is 10.9. The minimum absolute atomic E-state index is 0.0612. The van der Waals surface area contributed by atoms with E-state index in [1.807, 2.05) is 0 Å². The van der Waals surface area contributed by atoms with Crippen LogP contribution < -0.4 is 10.5 Å². The number of nitrogens with two attached hydrogens (primary N) is 1. The van der Waals surface area contributed by atoms with E-state index in [9.17, 15) is 9.18 Å². The van der Waals surface area contributed by atoms with Crippen molar-refractivity contribution in [2.45, 2.75) is 0 Å². The van der Waals surface area contributed by atoms with Gasteiger partial charge in [0.2, 0.25) is 5.78 Å². The lowest BCUT2D eigenvalue weighted by atomic mass is 10.1. The van der Waals surface area contributed by atoms with Crippen LogP contribution in [0.4, 0.5) is 10.1 Å². The second-order valence-electron chi connectivity index (χ2n) is 5.70. The summed E-state index contributed by atoms with van der Waals surface area (Å²) in [4.78, 5) is 16.9. The van der Waals surface area contributed by atoms with E-state index in [1.165, 1.54) is 36.5 Å². The van der Waals surface area contributed by atoms with E-state index in [0.717, 1.165) is 0 Å². The van der Waals surface area contributed by atoms with Gasteiger partial charge in [-0.1, -0.05) is 23.7 Å². The summed E-state index contributed by atoms with van der Waals surface area (Å²) in [5.41, 5.74) is 7.09. The molecule has 0 fully saturated rings. The quantitative estimate of drug-likeness (QED) is 0.511. The molecule has 0 amide bonds. The van der Waals surface area contributed by atoms with E-state index >= 15 is 0 Å². The molecule has 2 aromatic carbocycles. The molecule has 0 aliphatic heterocycles. The highest BCUT2D eigenvalue weighted by Crippen LogP contribution is 2.31. The zero-order valence-electron chi connectivity index (χ0n) is 13.7. The van der Waals surface area contributed by atoms with Crippen LogP contribution in [0.25, 0.3) is 11.0 Å². The zero-order chi connectivity index (χ0) is 19.0. The van der Waals surface area contributed by atoms with Crippen molar-refractivity contribution >= 4 is 34.1 Å². The second-order valence-corrected chi connectivity index (χ2v) is 6.11. The van der Waals surface area contributed by atoms with Gasteiger partial charge in [0.15, 0.2) is 17.2 Å². The molecule has 0 atom stereocenters. The van der Waals surface area contributed by atoms with E-state index in [4.69, 9.17) is 22.1 Å². The number of fused-ring (bicyclic) bond motifs is 1. The molecule has 0 aliphatic carbocycles. The Balaban J connectivity index is 1.68. The SMILES string of the molecule is Nc1ccnc2n[nH]c(C(=O)c3ccc(Oc4ccccc4F)cc3Cl)c12. The number of ketones is 1. The molecule has 8 heteroatoms. The lowest BCUT2D eigenvalue weighted by molar-refractivity contribution is 0.103. The van der Waals surface area contributed by atoms with Gasteiger partial charge >= 0.3 is 0 Å². The molecule has 0 aliphatic rings.